The van der Waals surface area contributed by atoms with Gasteiger partial charge in [-0.15, -0.1) is 0 Å². The monoisotopic (exact) mass is 427 g/mol. The Labute approximate surface area is 179 Å². The maximum Gasteiger partial charge on any atom is 0.253 e. The van der Waals surface area contributed by atoms with Crippen LogP contribution in [0.4, 0.5) is 4.39 Å². The zero-order valence-corrected chi connectivity index (χ0v) is 17.6. The van der Waals surface area contributed by atoms with Crippen LogP contribution in [0.2, 0.25) is 5.02 Å². The molecule has 1 unspecified atom stereocenters. The summed E-state index contributed by atoms with van der Waals surface area (Å²) in [5.41, 5.74) is 3.17. The fraction of sp³-hybridized carbons (Fsp3) is 0.304. The van der Waals surface area contributed by atoms with E-state index in [1.165, 1.54) is 12.1 Å². The van der Waals surface area contributed by atoms with Gasteiger partial charge in [-0.3, -0.25) is 9.59 Å². The molecule has 0 saturated heterocycles. The number of aromatic nitrogens is 1. The largest absolute Gasteiger partial charge is 0.358 e. The first-order chi connectivity index (χ1) is 14.3. The summed E-state index contributed by atoms with van der Waals surface area (Å²) in [4.78, 5) is 31.1. The van der Waals surface area contributed by atoms with Crippen molar-refractivity contribution >= 4 is 34.3 Å². The predicted octanol–water partition coefficient (Wildman–Crippen LogP) is 4.30. The van der Waals surface area contributed by atoms with Gasteiger partial charge in [0.25, 0.3) is 5.91 Å². The molecule has 0 spiro atoms. The Hall–Kier alpha value is -2.86. The highest BCUT2D eigenvalue weighted by atomic mass is 35.5. The number of rotatable bonds is 4. The molecular weight excluding hydrogens is 405 g/mol. The maximum atomic E-state index is 13.8. The summed E-state index contributed by atoms with van der Waals surface area (Å²) in [6, 6.07) is 10.7. The summed E-state index contributed by atoms with van der Waals surface area (Å²) in [5, 5.41) is 3.99. The molecule has 2 amide bonds. The number of nitrogens with one attached hydrogen (secondary N) is 2. The lowest BCUT2D eigenvalue weighted by molar-refractivity contribution is -0.135. The molecule has 1 aromatic heterocycles. The molecule has 2 N–H and O–H groups in total. The predicted molar refractivity (Wildman–Crippen MR) is 115 cm³/mol. The lowest BCUT2D eigenvalue weighted by Gasteiger charge is -2.32. The van der Waals surface area contributed by atoms with E-state index in [-0.39, 0.29) is 23.5 Å². The van der Waals surface area contributed by atoms with Crippen molar-refractivity contribution in [3.8, 4) is 0 Å². The van der Waals surface area contributed by atoms with Crippen molar-refractivity contribution in [3.63, 3.8) is 0 Å². The van der Waals surface area contributed by atoms with Gasteiger partial charge >= 0.3 is 0 Å². The summed E-state index contributed by atoms with van der Waals surface area (Å²) >= 11 is 6.13. The van der Waals surface area contributed by atoms with E-state index in [9.17, 15) is 14.0 Å². The molecule has 5 nitrogen and oxygen atoms in total. The molecule has 156 valence electrons. The summed E-state index contributed by atoms with van der Waals surface area (Å²) in [6.07, 6.45) is 0.653. The Morgan fingerprint density at radius 2 is 1.97 bits per heavy atom. The van der Waals surface area contributed by atoms with Gasteiger partial charge in [0.2, 0.25) is 5.91 Å². The van der Waals surface area contributed by atoms with Crippen molar-refractivity contribution < 1.29 is 14.0 Å². The van der Waals surface area contributed by atoms with Crippen molar-refractivity contribution in [3.05, 3.63) is 70.1 Å². The quantitative estimate of drug-likeness (QED) is 0.652. The van der Waals surface area contributed by atoms with Gasteiger partial charge in [-0.25, -0.2) is 4.39 Å². The first-order valence-corrected chi connectivity index (χ1v) is 10.4. The van der Waals surface area contributed by atoms with Crippen LogP contribution in [-0.2, 0) is 17.8 Å². The number of amides is 2. The number of halogens is 2. The van der Waals surface area contributed by atoms with Crippen LogP contribution in [0, 0.1) is 11.7 Å². The second kappa shape index (κ2) is 8.11. The van der Waals surface area contributed by atoms with Gasteiger partial charge in [-0.1, -0.05) is 37.6 Å². The molecule has 1 aliphatic heterocycles. The Balaban J connectivity index is 1.56. The molecule has 30 heavy (non-hydrogen) atoms. The lowest BCUT2D eigenvalue weighted by atomic mass is 9.99. The average Bonchev–Trinajstić information content (AvgIpc) is 3.08. The molecule has 2 aromatic carbocycles. The van der Waals surface area contributed by atoms with Crippen LogP contribution in [0.25, 0.3) is 10.9 Å². The molecule has 7 heteroatoms. The van der Waals surface area contributed by atoms with E-state index in [0.29, 0.717) is 30.1 Å². The van der Waals surface area contributed by atoms with Crippen LogP contribution in [0.1, 0.15) is 35.5 Å². The summed E-state index contributed by atoms with van der Waals surface area (Å²) in [5.74, 6) is -0.938. The summed E-state index contributed by atoms with van der Waals surface area (Å²) < 4.78 is 13.8. The number of aromatic amines is 1. The van der Waals surface area contributed by atoms with Gasteiger partial charge in [0.15, 0.2) is 0 Å². The van der Waals surface area contributed by atoms with Crippen LogP contribution < -0.4 is 5.32 Å². The molecular formula is C23H23ClFN3O2. The standard InChI is InChI=1S/C23H23ClFN3O2/c1-13(2)21(27-22(29)15-5-3-4-6-18(15)24)23(30)28-10-9-20-17(12-28)16-11-14(25)7-8-19(16)26-20/h3-8,11,13,21,26H,9-10,12H2,1-2H3,(H,27,29). The van der Waals surface area contributed by atoms with Crippen molar-refractivity contribution in [2.45, 2.75) is 32.9 Å². The Bertz CT molecular complexity index is 1120. The maximum absolute atomic E-state index is 13.8. The van der Waals surface area contributed by atoms with Gasteiger partial charge in [0.1, 0.15) is 11.9 Å². The zero-order chi connectivity index (χ0) is 21.4. The third kappa shape index (κ3) is 3.79. The van der Waals surface area contributed by atoms with Gasteiger partial charge in [-0.05, 0) is 36.2 Å². The van der Waals surface area contributed by atoms with E-state index >= 15 is 0 Å². The Morgan fingerprint density at radius 1 is 1.20 bits per heavy atom. The highest BCUT2D eigenvalue weighted by molar-refractivity contribution is 6.33. The van der Waals surface area contributed by atoms with Crippen molar-refractivity contribution in [2.24, 2.45) is 5.92 Å². The number of carbonyl (C=O) groups is 2. The van der Waals surface area contributed by atoms with Crippen LogP contribution in [0.5, 0.6) is 0 Å². The third-order valence-electron chi connectivity index (χ3n) is 5.59. The summed E-state index contributed by atoms with van der Waals surface area (Å²) in [7, 11) is 0. The average molecular weight is 428 g/mol. The van der Waals surface area contributed by atoms with E-state index in [2.05, 4.69) is 10.3 Å². The highest BCUT2D eigenvalue weighted by Gasteiger charge is 2.32. The van der Waals surface area contributed by atoms with Crippen LogP contribution in [0.15, 0.2) is 42.5 Å². The minimum absolute atomic E-state index is 0.106. The molecule has 4 rings (SSSR count). The van der Waals surface area contributed by atoms with Crippen LogP contribution in [-0.4, -0.2) is 34.3 Å². The first kappa shape index (κ1) is 20.4. The van der Waals surface area contributed by atoms with Gasteiger partial charge in [0.05, 0.1) is 10.6 Å². The number of H-pyrrole nitrogens is 1. The van der Waals surface area contributed by atoms with Crippen LogP contribution in [0.3, 0.4) is 0 Å². The fourth-order valence-corrected chi connectivity index (χ4v) is 4.17. The second-order valence-corrected chi connectivity index (χ2v) is 8.36. The number of hydrogen-bond donors (Lipinski definition) is 2. The number of benzene rings is 2. The number of hydrogen-bond acceptors (Lipinski definition) is 2. The van der Waals surface area contributed by atoms with E-state index < -0.39 is 6.04 Å². The van der Waals surface area contributed by atoms with Crippen LogP contribution >= 0.6 is 11.6 Å². The van der Waals surface area contributed by atoms with E-state index in [0.717, 1.165) is 22.2 Å². The van der Waals surface area contributed by atoms with Crippen molar-refractivity contribution in [1.82, 2.24) is 15.2 Å². The summed E-state index contributed by atoms with van der Waals surface area (Å²) in [6.45, 7) is 4.70. The molecule has 0 radical (unpaired) electrons. The molecule has 0 saturated carbocycles. The normalized spacial score (nSPS) is 14.6. The lowest BCUT2D eigenvalue weighted by Crippen LogP contribution is -2.52. The van der Waals surface area contributed by atoms with E-state index in [4.69, 9.17) is 11.6 Å². The molecule has 1 aliphatic rings. The molecule has 3 aromatic rings. The van der Waals surface area contributed by atoms with E-state index in [1.807, 2.05) is 13.8 Å². The Morgan fingerprint density at radius 3 is 2.70 bits per heavy atom. The number of carbonyl (C=O) groups excluding carboxylic acids is 2. The van der Waals surface area contributed by atoms with Gasteiger partial charge in [-0.2, -0.15) is 0 Å². The highest BCUT2D eigenvalue weighted by Crippen LogP contribution is 2.29. The first-order valence-electron chi connectivity index (χ1n) is 9.98. The molecule has 1 atom stereocenters. The third-order valence-corrected chi connectivity index (χ3v) is 5.92. The van der Waals surface area contributed by atoms with Crippen molar-refractivity contribution in [2.75, 3.05) is 6.54 Å². The number of fused-ring (bicyclic) bond motifs is 3. The number of nitrogens with zero attached hydrogens (tertiary/aromatic N) is 1. The molecule has 2 heterocycles. The van der Waals surface area contributed by atoms with Crippen molar-refractivity contribution in [1.29, 1.82) is 0 Å². The zero-order valence-electron chi connectivity index (χ0n) is 16.8. The van der Waals surface area contributed by atoms with Gasteiger partial charge < -0.3 is 15.2 Å². The Kier molecular flexibility index (Phi) is 5.52. The van der Waals surface area contributed by atoms with Gasteiger partial charge in [0, 0.05) is 41.7 Å². The molecule has 0 fully saturated rings. The minimum atomic E-state index is -0.683. The SMILES string of the molecule is CC(C)C(NC(=O)c1ccccc1Cl)C(=O)N1CCc2[nH]c3ccc(F)cc3c2C1. The minimum Gasteiger partial charge on any atom is -0.358 e. The molecule has 0 aliphatic carbocycles. The second-order valence-electron chi connectivity index (χ2n) is 7.96. The fourth-order valence-electron chi connectivity index (χ4n) is 3.95. The smallest absolute Gasteiger partial charge is 0.253 e. The molecule has 0 bridgehead atoms. The van der Waals surface area contributed by atoms with E-state index in [1.54, 1.807) is 35.2 Å². The topological polar surface area (TPSA) is 65.2 Å².